The number of benzene rings is 2. The second kappa shape index (κ2) is 8.15. The lowest BCUT2D eigenvalue weighted by Crippen LogP contribution is -2.30. The first-order valence-electron chi connectivity index (χ1n) is 8.72. The van der Waals surface area contributed by atoms with Crippen molar-refractivity contribution in [3.05, 3.63) is 83.7 Å². The minimum atomic E-state index is -0.118. The van der Waals surface area contributed by atoms with E-state index in [0.29, 0.717) is 29.0 Å². The first-order chi connectivity index (χ1) is 13.1. The fraction of sp³-hybridized carbons (Fsp3) is 0.136. The minimum Gasteiger partial charge on any atom is -0.353 e. The predicted molar refractivity (Wildman–Crippen MR) is 107 cm³/mol. The second-order valence-electron chi connectivity index (χ2n) is 6.13. The topological polar surface area (TPSA) is 69.0 Å². The molecule has 0 spiro atoms. The SMILES string of the molecule is CCN(C(=O)c1cncc(Nc2ccccc2C#N)c1)c1cccc(C)c1. The molecule has 3 aromatic rings. The van der Waals surface area contributed by atoms with Crippen molar-refractivity contribution in [2.75, 3.05) is 16.8 Å². The molecular formula is C22H20N4O. The van der Waals surface area contributed by atoms with Crippen LogP contribution in [0, 0.1) is 18.3 Å². The molecule has 0 aliphatic carbocycles. The fourth-order valence-electron chi connectivity index (χ4n) is 2.87. The smallest absolute Gasteiger partial charge is 0.259 e. The number of pyridine rings is 1. The van der Waals surface area contributed by atoms with Crippen molar-refractivity contribution in [3.63, 3.8) is 0 Å². The third kappa shape index (κ3) is 4.13. The van der Waals surface area contributed by atoms with Crippen LogP contribution in [0.15, 0.2) is 67.0 Å². The van der Waals surface area contributed by atoms with Gasteiger partial charge in [-0.15, -0.1) is 0 Å². The molecule has 5 nitrogen and oxygen atoms in total. The Morgan fingerprint density at radius 2 is 1.96 bits per heavy atom. The molecule has 0 aliphatic heterocycles. The van der Waals surface area contributed by atoms with Gasteiger partial charge in [0, 0.05) is 18.4 Å². The molecular weight excluding hydrogens is 336 g/mol. The summed E-state index contributed by atoms with van der Waals surface area (Å²) in [5.74, 6) is -0.118. The maximum Gasteiger partial charge on any atom is 0.259 e. The molecule has 0 fully saturated rings. The Morgan fingerprint density at radius 3 is 2.70 bits per heavy atom. The highest BCUT2D eigenvalue weighted by molar-refractivity contribution is 6.06. The summed E-state index contributed by atoms with van der Waals surface area (Å²) in [7, 11) is 0. The van der Waals surface area contributed by atoms with Crippen molar-refractivity contribution in [2.24, 2.45) is 0 Å². The van der Waals surface area contributed by atoms with Gasteiger partial charge in [0.15, 0.2) is 0 Å². The molecule has 0 atom stereocenters. The van der Waals surface area contributed by atoms with Gasteiger partial charge in [0.2, 0.25) is 0 Å². The summed E-state index contributed by atoms with van der Waals surface area (Å²) in [6.07, 6.45) is 3.19. The molecule has 2 aromatic carbocycles. The summed E-state index contributed by atoms with van der Waals surface area (Å²) in [4.78, 5) is 18.9. The lowest BCUT2D eigenvalue weighted by molar-refractivity contribution is 0.0988. The number of amides is 1. The van der Waals surface area contributed by atoms with Crippen LogP contribution in [0.4, 0.5) is 17.1 Å². The van der Waals surface area contributed by atoms with E-state index in [9.17, 15) is 10.1 Å². The van der Waals surface area contributed by atoms with E-state index >= 15 is 0 Å². The molecule has 1 amide bonds. The van der Waals surface area contributed by atoms with E-state index in [1.54, 1.807) is 29.4 Å². The Hall–Kier alpha value is -3.65. The van der Waals surface area contributed by atoms with Crippen LogP contribution in [0.3, 0.4) is 0 Å². The summed E-state index contributed by atoms with van der Waals surface area (Å²) in [6.45, 7) is 4.50. The van der Waals surface area contributed by atoms with Crippen molar-refractivity contribution in [3.8, 4) is 6.07 Å². The van der Waals surface area contributed by atoms with Crippen LogP contribution in [0.25, 0.3) is 0 Å². The number of aromatic nitrogens is 1. The van der Waals surface area contributed by atoms with Crippen LogP contribution in [0.2, 0.25) is 0 Å². The number of carbonyl (C=O) groups is 1. The second-order valence-corrected chi connectivity index (χ2v) is 6.13. The Kier molecular flexibility index (Phi) is 5.48. The van der Waals surface area contributed by atoms with E-state index in [4.69, 9.17) is 0 Å². The molecule has 0 saturated carbocycles. The van der Waals surface area contributed by atoms with Gasteiger partial charge in [-0.05, 0) is 49.7 Å². The van der Waals surface area contributed by atoms with Gasteiger partial charge in [0.1, 0.15) is 6.07 Å². The third-order valence-corrected chi connectivity index (χ3v) is 4.19. The molecule has 27 heavy (non-hydrogen) atoms. The zero-order chi connectivity index (χ0) is 19.2. The highest BCUT2D eigenvalue weighted by Gasteiger charge is 2.17. The molecule has 5 heteroatoms. The first-order valence-corrected chi connectivity index (χ1v) is 8.72. The van der Waals surface area contributed by atoms with Gasteiger partial charge >= 0.3 is 0 Å². The monoisotopic (exact) mass is 356 g/mol. The van der Waals surface area contributed by atoms with Gasteiger partial charge in [-0.3, -0.25) is 9.78 Å². The van der Waals surface area contributed by atoms with Gasteiger partial charge < -0.3 is 10.2 Å². The van der Waals surface area contributed by atoms with Crippen LogP contribution >= 0.6 is 0 Å². The molecule has 3 rings (SSSR count). The minimum absolute atomic E-state index is 0.118. The van der Waals surface area contributed by atoms with Crippen molar-refractivity contribution < 1.29 is 4.79 Å². The van der Waals surface area contributed by atoms with E-state index in [-0.39, 0.29) is 5.91 Å². The largest absolute Gasteiger partial charge is 0.353 e. The van der Waals surface area contributed by atoms with Gasteiger partial charge in [-0.25, -0.2) is 0 Å². The van der Waals surface area contributed by atoms with Gasteiger partial charge in [0.05, 0.1) is 28.7 Å². The average molecular weight is 356 g/mol. The molecule has 1 N–H and O–H groups in total. The van der Waals surface area contributed by atoms with E-state index in [1.165, 1.54) is 0 Å². The number of aryl methyl sites for hydroxylation is 1. The number of rotatable bonds is 5. The van der Waals surface area contributed by atoms with Crippen molar-refractivity contribution in [2.45, 2.75) is 13.8 Å². The normalized spacial score (nSPS) is 10.1. The summed E-state index contributed by atoms with van der Waals surface area (Å²) >= 11 is 0. The van der Waals surface area contributed by atoms with E-state index in [2.05, 4.69) is 16.4 Å². The van der Waals surface area contributed by atoms with Gasteiger partial charge in [0.25, 0.3) is 5.91 Å². The van der Waals surface area contributed by atoms with Crippen LogP contribution in [0.1, 0.15) is 28.4 Å². The Labute approximate surface area is 158 Å². The van der Waals surface area contributed by atoms with E-state index in [0.717, 1.165) is 11.3 Å². The maximum atomic E-state index is 13.0. The Morgan fingerprint density at radius 1 is 1.15 bits per heavy atom. The third-order valence-electron chi connectivity index (χ3n) is 4.19. The maximum absolute atomic E-state index is 13.0. The summed E-state index contributed by atoms with van der Waals surface area (Å²) in [6, 6.07) is 19.0. The van der Waals surface area contributed by atoms with Crippen LogP contribution in [0.5, 0.6) is 0 Å². The van der Waals surface area contributed by atoms with Crippen molar-refractivity contribution in [1.82, 2.24) is 4.98 Å². The van der Waals surface area contributed by atoms with E-state index in [1.807, 2.05) is 56.3 Å². The number of nitriles is 1. The lowest BCUT2D eigenvalue weighted by Gasteiger charge is -2.21. The number of hydrogen-bond donors (Lipinski definition) is 1. The van der Waals surface area contributed by atoms with Crippen LogP contribution in [-0.2, 0) is 0 Å². The highest BCUT2D eigenvalue weighted by Crippen LogP contribution is 2.22. The van der Waals surface area contributed by atoms with Crippen LogP contribution in [-0.4, -0.2) is 17.4 Å². The zero-order valence-electron chi connectivity index (χ0n) is 15.3. The fourth-order valence-corrected chi connectivity index (χ4v) is 2.87. The molecule has 1 aromatic heterocycles. The van der Waals surface area contributed by atoms with E-state index < -0.39 is 0 Å². The Balaban J connectivity index is 1.88. The zero-order valence-corrected chi connectivity index (χ0v) is 15.3. The quantitative estimate of drug-likeness (QED) is 0.721. The van der Waals surface area contributed by atoms with Gasteiger partial charge in [-0.1, -0.05) is 24.3 Å². The molecule has 0 radical (unpaired) electrons. The molecule has 1 heterocycles. The number of para-hydroxylation sites is 1. The molecule has 0 unspecified atom stereocenters. The molecule has 0 aliphatic rings. The number of hydrogen-bond acceptors (Lipinski definition) is 4. The number of anilines is 3. The van der Waals surface area contributed by atoms with Crippen LogP contribution < -0.4 is 10.2 Å². The predicted octanol–water partition coefficient (Wildman–Crippen LogP) is 4.67. The number of nitrogens with one attached hydrogen (secondary N) is 1. The number of carbonyl (C=O) groups excluding carboxylic acids is 1. The standard InChI is InChI=1S/C22H20N4O/c1-3-26(20-9-6-7-16(2)11-20)22(27)18-12-19(15-24-14-18)25-21-10-5-4-8-17(21)13-23/h4-12,14-15,25H,3H2,1-2H3. The summed E-state index contributed by atoms with van der Waals surface area (Å²) < 4.78 is 0. The molecule has 0 bridgehead atoms. The summed E-state index contributed by atoms with van der Waals surface area (Å²) in [5.41, 5.74) is 4.30. The average Bonchev–Trinajstić information content (AvgIpc) is 2.69. The van der Waals surface area contributed by atoms with Crippen molar-refractivity contribution >= 4 is 23.0 Å². The lowest BCUT2D eigenvalue weighted by atomic mass is 10.1. The molecule has 134 valence electrons. The Bertz CT molecular complexity index is 1010. The summed E-state index contributed by atoms with van der Waals surface area (Å²) in [5, 5.41) is 12.4. The van der Waals surface area contributed by atoms with Crippen molar-refractivity contribution in [1.29, 1.82) is 5.26 Å². The molecule has 0 saturated heterocycles. The van der Waals surface area contributed by atoms with Gasteiger partial charge in [-0.2, -0.15) is 5.26 Å². The highest BCUT2D eigenvalue weighted by atomic mass is 16.2. The number of nitrogens with zero attached hydrogens (tertiary/aromatic N) is 3. The first kappa shape index (κ1) is 18.2.